The van der Waals surface area contributed by atoms with Gasteiger partial charge in [0, 0.05) is 13.0 Å². The SMILES string of the molecule is COC1C(OC(N)=O)CC[C@]2(CO2)C1C1(C)C[C@@H]1CC=C(C)C. The van der Waals surface area contributed by atoms with E-state index in [1.807, 2.05) is 0 Å². The van der Waals surface area contributed by atoms with Gasteiger partial charge in [0.25, 0.3) is 0 Å². The second kappa shape index (κ2) is 5.78. The Morgan fingerprint density at radius 1 is 1.43 bits per heavy atom. The monoisotopic (exact) mass is 323 g/mol. The lowest BCUT2D eigenvalue weighted by Crippen LogP contribution is -2.53. The van der Waals surface area contributed by atoms with Crippen LogP contribution in [0, 0.1) is 17.3 Å². The van der Waals surface area contributed by atoms with Crippen molar-refractivity contribution in [2.75, 3.05) is 13.7 Å². The van der Waals surface area contributed by atoms with Crippen molar-refractivity contribution in [3.63, 3.8) is 0 Å². The van der Waals surface area contributed by atoms with E-state index >= 15 is 0 Å². The smallest absolute Gasteiger partial charge is 0.404 e. The minimum atomic E-state index is -0.717. The minimum absolute atomic E-state index is 0.0767. The van der Waals surface area contributed by atoms with Crippen molar-refractivity contribution in [1.82, 2.24) is 0 Å². The number of amides is 1. The number of carbonyl (C=O) groups is 1. The maximum Gasteiger partial charge on any atom is 0.404 e. The van der Waals surface area contributed by atoms with Crippen LogP contribution in [0.15, 0.2) is 11.6 Å². The van der Waals surface area contributed by atoms with E-state index in [-0.39, 0.29) is 29.1 Å². The zero-order chi connectivity index (χ0) is 16.8. The third-order valence-electron chi connectivity index (χ3n) is 6.15. The van der Waals surface area contributed by atoms with E-state index in [1.165, 1.54) is 12.0 Å². The van der Waals surface area contributed by atoms with Gasteiger partial charge in [-0.15, -0.1) is 0 Å². The first-order chi connectivity index (χ1) is 10.8. The highest BCUT2D eigenvalue weighted by molar-refractivity contribution is 5.64. The lowest BCUT2D eigenvalue weighted by atomic mass is 9.67. The van der Waals surface area contributed by atoms with Crippen molar-refractivity contribution in [2.45, 2.75) is 64.3 Å². The van der Waals surface area contributed by atoms with E-state index in [1.54, 1.807) is 7.11 Å². The Morgan fingerprint density at radius 2 is 2.13 bits per heavy atom. The summed E-state index contributed by atoms with van der Waals surface area (Å²) in [5.74, 6) is 0.905. The van der Waals surface area contributed by atoms with Crippen molar-refractivity contribution in [1.29, 1.82) is 0 Å². The molecule has 5 heteroatoms. The average Bonchev–Trinajstić information content (AvgIpc) is 3.37. The van der Waals surface area contributed by atoms with Gasteiger partial charge >= 0.3 is 6.09 Å². The fourth-order valence-corrected chi connectivity index (χ4v) is 4.76. The Labute approximate surface area is 138 Å². The summed E-state index contributed by atoms with van der Waals surface area (Å²) in [6.07, 6.45) is 5.15. The molecule has 2 aliphatic carbocycles. The molecule has 0 radical (unpaired) electrons. The number of ether oxygens (including phenoxy) is 3. The fourth-order valence-electron chi connectivity index (χ4n) is 4.76. The van der Waals surface area contributed by atoms with Gasteiger partial charge in [-0.1, -0.05) is 18.6 Å². The first-order valence-corrected chi connectivity index (χ1v) is 8.58. The predicted octanol–water partition coefficient (Wildman–Crippen LogP) is 3.03. The molecule has 6 atom stereocenters. The van der Waals surface area contributed by atoms with Crippen LogP contribution in [0.5, 0.6) is 0 Å². The van der Waals surface area contributed by atoms with E-state index in [4.69, 9.17) is 19.9 Å². The summed E-state index contributed by atoms with van der Waals surface area (Å²) < 4.78 is 17.1. The van der Waals surface area contributed by atoms with Crippen molar-refractivity contribution >= 4 is 6.09 Å². The normalized spacial score (nSPS) is 44.7. The molecule has 1 aliphatic heterocycles. The van der Waals surface area contributed by atoms with E-state index in [9.17, 15) is 4.79 Å². The Kier molecular flexibility index (Phi) is 4.21. The second-order valence-corrected chi connectivity index (χ2v) is 7.97. The summed E-state index contributed by atoms with van der Waals surface area (Å²) in [5.41, 5.74) is 6.71. The van der Waals surface area contributed by atoms with Gasteiger partial charge in [-0.2, -0.15) is 0 Å². The molecule has 1 amide bonds. The maximum absolute atomic E-state index is 11.2. The zero-order valence-electron chi connectivity index (χ0n) is 14.6. The van der Waals surface area contributed by atoms with Gasteiger partial charge in [0.1, 0.15) is 12.2 Å². The predicted molar refractivity (Wildman–Crippen MR) is 86.9 cm³/mol. The number of primary amides is 1. The Balaban J connectivity index is 1.79. The molecular weight excluding hydrogens is 294 g/mol. The minimum Gasteiger partial charge on any atom is -0.444 e. The van der Waals surface area contributed by atoms with Crippen molar-refractivity contribution in [3.8, 4) is 0 Å². The van der Waals surface area contributed by atoms with Crippen molar-refractivity contribution in [2.24, 2.45) is 23.0 Å². The molecule has 3 aliphatic rings. The summed E-state index contributed by atoms with van der Waals surface area (Å²) in [6.45, 7) is 7.41. The molecule has 2 N–H and O–H groups in total. The van der Waals surface area contributed by atoms with E-state index in [0.29, 0.717) is 5.92 Å². The largest absolute Gasteiger partial charge is 0.444 e. The summed E-state index contributed by atoms with van der Waals surface area (Å²) in [7, 11) is 1.70. The van der Waals surface area contributed by atoms with Crippen LogP contribution >= 0.6 is 0 Å². The number of hydrogen-bond acceptors (Lipinski definition) is 4. The molecule has 0 aromatic carbocycles. The molecule has 3 rings (SSSR count). The van der Waals surface area contributed by atoms with Gasteiger partial charge in [0.05, 0.1) is 12.2 Å². The van der Waals surface area contributed by atoms with Crippen molar-refractivity contribution in [3.05, 3.63) is 11.6 Å². The molecule has 1 spiro atoms. The molecule has 23 heavy (non-hydrogen) atoms. The number of carbonyl (C=O) groups excluding carboxylic acids is 1. The Morgan fingerprint density at radius 3 is 2.65 bits per heavy atom. The van der Waals surface area contributed by atoms with Gasteiger partial charge in [0.15, 0.2) is 0 Å². The van der Waals surface area contributed by atoms with Crippen LogP contribution in [0.1, 0.15) is 46.5 Å². The molecular formula is C18H29NO4. The molecule has 130 valence electrons. The fraction of sp³-hybridized carbons (Fsp3) is 0.833. The first-order valence-electron chi connectivity index (χ1n) is 8.58. The number of hydrogen-bond donors (Lipinski definition) is 1. The van der Waals surface area contributed by atoms with Gasteiger partial charge in [-0.25, -0.2) is 4.79 Å². The summed E-state index contributed by atoms with van der Waals surface area (Å²) in [4.78, 5) is 11.2. The number of methoxy groups -OCH3 is 1. The maximum atomic E-state index is 11.2. The van der Waals surface area contributed by atoms with Crippen molar-refractivity contribution < 1.29 is 19.0 Å². The highest BCUT2D eigenvalue weighted by Crippen LogP contribution is 2.67. The highest BCUT2D eigenvalue weighted by Gasteiger charge is 2.70. The van der Waals surface area contributed by atoms with Crippen LogP contribution in [0.3, 0.4) is 0 Å². The topological polar surface area (TPSA) is 74.1 Å². The Bertz CT molecular complexity index is 509. The van der Waals surface area contributed by atoms with Gasteiger partial charge in [-0.3, -0.25) is 0 Å². The third kappa shape index (κ3) is 3.01. The third-order valence-corrected chi connectivity index (χ3v) is 6.15. The van der Waals surface area contributed by atoms with E-state index in [2.05, 4.69) is 26.8 Å². The number of nitrogens with two attached hydrogens (primary N) is 1. The molecule has 2 saturated carbocycles. The van der Waals surface area contributed by atoms with Gasteiger partial charge < -0.3 is 19.9 Å². The lowest BCUT2D eigenvalue weighted by molar-refractivity contribution is -0.119. The molecule has 3 fully saturated rings. The molecule has 1 heterocycles. The molecule has 1 saturated heterocycles. The lowest BCUT2D eigenvalue weighted by Gasteiger charge is -2.44. The average molecular weight is 323 g/mol. The van der Waals surface area contributed by atoms with E-state index < -0.39 is 6.09 Å². The summed E-state index contributed by atoms with van der Waals surface area (Å²) >= 11 is 0. The first kappa shape index (κ1) is 16.8. The zero-order valence-corrected chi connectivity index (χ0v) is 14.6. The van der Waals surface area contributed by atoms with Crippen LogP contribution < -0.4 is 5.73 Å². The standard InChI is InChI=1S/C18H29NO4/c1-11(2)5-6-12-9-17(12,3)15-14(21-4)13(23-16(19)20)7-8-18(15)10-22-18/h5,12-15H,6-10H2,1-4H3,(H2,19,20)/t12-,13?,14?,15?,17?,18-/m0/s1. The summed E-state index contributed by atoms with van der Waals surface area (Å²) in [5, 5.41) is 0. The van der Waals surface area contributed by atoms with Gasteiger partial charge in [-0.05, 0) is 50.9 Å². The number of rotatable bonds is 5. The molecule has 0 aromatic heterocycles. The molecule has 0 aromatic rings. The second-order valence-electron chi connectivity index (χ2n) is 7.97. The Hall–Kier alpha value is -1.07. The van der Waals surface area contributed by atoms with Crippen LogP contribution in [0.2, 0.25) is 0 Å². The summed E-state index contributed by atoms with van der Waals surface area (Å²) in [6, 6.07) is 0. The molecule has 0 bridgehead atoms. The van der Waals surface area contributed by atoms with Gasteiger partial charge in [0.2, 0.25) is 0 Å². The van der Waals surface area contributed by atoms with Crippen LogP contribution in [-0.2, 0) is 14.2 Å². The number of epoxide rings is 1. The number of allylic oxidation sites excluding steroid dienone is 2. The molecule has 4 unspecified atom stereocenters. The quantitative estimate of drug-likeness (QED) is 0.623. The van der Waals surface area contributed by atoms with E-state index in [0.717, 1.165) is 25.9 Å². The van der Waals surface area contributed by atoms with Crippen LogP contribution in [0.25, 0.3) is 0 Å². The highest BCUT2D eigenvalue weighted by atomic mass is 16.6. The van der Waals surface area contributed by atoms with Crippen LogP contribution in [0.4, 0.5) is 4.79 Å². The molecule has 5 nitrogen and oxygen atoms in total. The van der Waals surface area contributed by atoms with Crippen LogP contribution in [-0.4, -0.2) is 37.6 Å².